The van der Waals surface area contributed by atoms with Crippen LogP contribution in [0, 0.1) is 0 Å². The summed E-state index contributed by atoms with van der Waals surface area (Å²) in [7, 11) is -7.74. The van der Waals surface area contributed by atoms with Gasteiger partial charge < -0.3 is 10.6 Å². The summed E-state index contributed by atoms with van der Waals surface area (Å²) in [4.78, 5) is 24.1. The van der Waals surface area contributed by atoms with E-state index in [-0.39, 0.29) is 40.9 Å². The molecule has 2 amide bonds. The van der Waals surface area contributed by atoms with Crippen LogP contribution in [0.3, 0.4) is 0 Å². The van der Waals surface area contributed by atoms with Crippen LogP contribution in [-0.2, 0) is 24.8 Å². The first-order valence-electron chi connectivity index (χ1n) is 9.29. The lowest BCUT2D eigenvalue weighted by Gasteiger charge is -2.26. The molecule has 12 heteroatoms. The van der Waals surface area contributed by atoms with Gasteiger partial charge in [-0.05, 0) is 42.8 Å². The van der Waals surface area contributed by atoms with Gasteiger partial charge in [-0.3, -0.25) is 9.59 Å². The van der Waals surface area contributed by atoms with E-state index in [0.29, 0.717) is 5.56 Å². The van der Waals surface area contributed by atoms with E-state index in [2.05, 4.69) is 10.6 Å². The minimum Gasteiger partial charge on any atom is -0.354 e. The van der Waals surface area contributed by atoms with E-state index in [1.54, 1.807) is 6.92 Å². The third-order valence-electron chi connectivity index (χ3n) is 4.79. The molecule has 4 N–H and O–H groups in total. The summed E-state index contributed by atoms with van der Waals surface area (Å²) in [6.07, 6.45) is 0. The highest BCUT2D eigenvalue weighted by Gasteiger charge is 2.29. The summed E-state index contributed by atoms with van der Waals surface area (Å²) in [5.74, 6) is -0.887. The smallest absolute Gasteiger partial charge is 0.251 e. The van der Waals surface area contributed by atoms with Crippen LogP contribution in [0.5, 0.6) is 0 Å². The molecule has 3 rings (SSSR count). The number of hydrogen-bond acceptors (Lipinski definition) is 6. The van der Waals surface area contributed by atoms with Crippen molar-refractivity contribution in [3.05, 3.63) is 59.7 Å². The maximum absolute atomic E-state index is 12.8. The number of carbonyl (C=O) groups is 2. The van der Waals surface area contributed by atoms with Crippen molar-refractivity contribution in [2.75, 3.05) is 19.6 Å². The Morgan fingerprint density at radius 2 is 1.77 bits per heavy atom. The first-order chi connectivity index (χ1) is 14.5. The highest BCUT2D eigenvalue weighted by molar-refractivity contribution is 7.89. The zero-order chi connectivity index (χ0) is 22.8. The zero-order valence-electron chi connectivity index (χ0n) is 16.6. The molecule has 1 saturated heterocycles. The summed E-state index contributed by atoms with van der Waals surface area (Å²) in [5.41, 5.74) is 0.777. The Kier molecular flexibility index (Phi) is 6.46. The van der Waals surface area contributed by atoms with Crippen molar-refractivity contribution in [2.24, 2.45) is 5.14 Å². The minimum atomic E-state index is -3.93. The Hall–Kier alpha value is -2.80. The van der Waals surface area contributed by atoms with Crippen LogP contribution in [-0.4, -0.2) is 52.6 Å². The average molecular weight is 467 g/mol. The molecular weight excluding hydrogens is 444 g/mol. The first kappa shape index (κ1) is 22.9. The van der Waals surface area contributed by atoms with E-state index in [1.807, 2.05) is 0 Å². The number of benzene rings is 2. The van der Waals surface area contributed by atoms with Crippen LogP contribution in [0.25, 0.3) is 0 Å². The highest BCUT2D eigenvalue weighted by atomic mass is 32.2. The van der Waals surface area contributed by atoms with Crippen LogP contribution in [0.15, 0.2) is 58.3 Å². The number of nitrogens with one attached hydrogen (secondary N) is 2. The molecular formula is C19H22N4O6S2. The highest BCUT2D eigenvalue weighted by Crippen LogP contribution is 2.20. The third kappa shape index (κ3) is 5.28. The molecule has 1 heterocycles. The number of nitrogens with zero attached hydrogens (tertiary/aromatic N) is 1. The number of piperazine rings is 1. The molecule has 0 spiro atoms. The Labute approximate surface area is 180 Å². The lowest BCUT2D eigenvalue weighted by molar-refractivity contribution is -0.122. The molecule has 1 fully saturated rings. The molecule has 166 valence electrons. The van der Waals surface area contributed by atoms with E-state index in [9.17, 15) is 26.4 Å². The number of primary sulfonamides is 1. The van der Waals surface area contributed by atoms with Crippen molar-refractivity contribution in [3.8, 4) is 0 Å². The molecule has 0 bridgehead atoms. The molecule has 0 aliphatic carbocycles. The molecule has 2 aromatic rings. The van der Waals surface area contributed by atoms with Gasteiger partial charge in [-0.2, -0.15) is 4.31 Å². The first-order valence-corrected chi connectivity index (χ1v) is 12.3. The van der Waals surface area contributed by atoms with Gasteiger partial charge in [0.2, 0.25) is 26.0 Å². The summed E-state index contributed by atoms with van der Waals surface area (Å²) >= 11 is 0. The van der Waals surface area contributed by atoms with Gasteiger partial charge in [0.25, 0.3) is 5.91 Å². The standard InChI is InChI=1S/C19H22N4O6S2/c1-13(14-5-7-16(8-6-14)30(20,26)27)22-19(25)15-3-2-4-17(11-15)31(28,29)23-10-9-21-18(24)12-23/h2-8,11,13H,9-10,12H2,1H3,(H,21,24)(H,22,25)(H2,20,26,27)/t13-/m1/s1. The quantitative estimate of drug-likeness (QED) is 0.542. The second-order valence-electron chi connectivity index (χ2n) is 7.03. The number of sulfonamides is 2. The monoisotopic (exact) mass is 466 g/mol. The van der Waals surface area contributed by atoms with Crippen molar-refractivity contribution >= 4 is 31.9 Å². The Bertz CT molecular complexity index is 1210. The minimum absolute atomic E-state index is 0.0425. The second-order valence-corrected chi connectivity index (χ2v) is 10.5. The largest absolute Gasteiger partial charge is 0.354 e. The summed E-state index contributed by atoms with van der Waals surface area (Å²) in [6, 6.07) is 10.8. The lowest BCUT2D eigenvalue weighted by Crippen LogP contribution is -2.49. The molecule has 0 aromatic heterocycles. The molecule has 31 heavy (non-hydrogen) atoms. The van der Waals surface area contributed by atoms with Crippen LogP contribution in [0.1, 0.15) is 28.9 Å². The third-order valence-corrected chi connectivity index (χ3v) is 7.56. The van der Waals surface area contributed by atoms with Crippen LogP contribution < -0.4 is 15.8 Å². The van der Waals surface area contributed by atoms with E-state index >= 15 is 0 Å². The van der Waals surface area contributed by atoms with Crippen molar-refractivity contribution in [1.29, 1.82) is 0 Å². The molecule has 1 aliphatic heterocycles. The van der Waals surface area contributed by atoms with Gasteiger partial charge in [0.05, 0.1) is 22.4 Å². The number of amides is 2. The van der Waals surface area contributed by atoms with Gasteiger partial charge in [0, 0.05) is 18.7 Å². The van der Waals surface area contributed by atoms with Crippen molar-refractivity contribution in [3.63, 3.8) is 0 Å². The van der Waals surface area contributed by atoms with Gasteiger partial charge in [-0.25, -0.2) is 22.0 Å². The molecule has 0 saturated carbocycles. The van der Waals surface area contributed by atoms with E-state index in [4.69, 9.17) is 5.14 Å². The topological polar surface area (TPSA) is 156 Å². The van der Waals surface area contributed by atoms with Crippen molar-refractivity contribution in [1.82, 2.24) is 14.9 Å². The van der Waals surface area contributed by atoms with Crippen molar-refractivity contribution < 1.29 is 26.4 Å². The molecule has 2 aromatic carbocycles. The van der Waals surface area contributed by atoms with Gasteiger partial charge in [0.1, 0.15) is 0 Å². The van der Waals surface area contributed by atoms with Gasteiger partial charge in [0.15, 0.2) is 0 Å². The van der Waals surface area contributed by atoms with Crippen LogP contribution in [0.2, 0.25) is 0 Å². The maximum Gasteiger partial charge on any atom is 0.251 e. The predicted octanol–water partition coefficient (Wildman–Crippen LogP) is -0.0545. The van der Waals surface area contributed by atoms with E-state index in [0.717, 1.165) is 4.31 Å². The molecule has 1 atom stereocenters. The van der Waals surface area contributed by atoms with Gasteiger partial charge in [-0.15, -0.1) is 0 Å². The summed E-state index contributed by atoms with van der Waals surface area (Å²) in [5, 5.41) is 10.4. The fraction of sp³-hybridized carbons (Fsp3) is 0.263. The van der Waals surface area contributed by atoms with E-state index in [1.165, 1.54) is 48.5 Å². The SMILES string of the molecule is C[C@@H](NC(=O)c1cccc(S(=O)(=O)N2CCNC(=O)C2)c1)c1ccc(S(N)(=O)=O)cc1. The van der Waals surface area contributed by atoms with Gasteiger partial charge in [-0.1, -0.05) is 18.2 Å². The lowest BCUT2D eigenvalue weighted by atomic mass is 10.1. The fourth-order valence-corrected chi connectivity index (χ4v) is 5.04. The predicted molar refractivity (Wildman–Crippen MR) is 112 cm³/mol. The fourth-order valence-electron chi connectivity index (χ4n) is 3.08. The maximum atomic E-state index is 12.8. The van der Waals surface area contributed by atoms with Crippen LogP contribution >= 0.6 is 0 Å². The van der Waals surface area contributed by atoms with Crippen LogP contribution in [0.4, 0.5) is 0 Å². The normalized spacial score (nSPS) is 16.4. The summed E-state index contributed by atoms with van der Waals surface area (Å²) < 4.78 is 49.4. The number of carbonyl (C=O) groups excluding carboxylic acids is 2. The number of hydrogen-bond donors (Lipinski definition) is 3. The molecule has 10 nitrogen and oxygen atoms in total. The molecule has 1 aliphatic rings. The average Bonchev–Trinajstić information content (AvgIpc) is 2.73. The summed E-state index contributed by atoms with van der Waals surface area (Å²) in [6.45, 7) is 1.80. The Morgan fingerprint density at radius 1 is 1.10 bits per heavy atom. The Morgan fingerprint density at radius 3 is 2.39 bits per heavy atom. The second kappa shape index (κ2) is 8.75. The van der Waals surface area contributed by atoms with Gasteiger partial charge >= 0.3 is 0 Å². The Balaban J connectivity index is 1.76. The number of rotatable bonds is 6. The zero-order valence-corrected chi connectivity index (χ0v) is 18.2. The molecule has 0 unspecified atom stereocenters. The van der Waals surface area contributed by atoms with Crippen molar-refractivity contribution in [2.45, 2.75) is 22.8 Å². The molecule has 0 radical (unpaired) electrons. The van der Waals surface area contributed by atoms with E-state index < -0.39 is 32.0 Å². The number of nitrogens with two attached hydrogens (primary N) is 1.